The SMILES string of the molecule is CN1CC2CC2[C@H]1COc1nc(N2CC3CCC(C2)N3)c2cc(Cl)c(-c3cc(O)cc4ccccc34)c(F)c2n1. The lowest BCUT2D eigenvalue weighted by molar-refractivity contribution is 0.167. The summed E-state index contributed by atoms with van der Waals surface area (Å²) >= 11 is 6.86. The molecule has 0 radical (unpaired) electrons. The van der Waals surface area contributed by atoms with E-state index >= 15 is 4.39 Å². The minimum absolute atomic E-state index is 0.0482. The van der Waals surface area contributed by atoms with Crippen LogP contribution in [0.1, 0.15) is 19.3 Å². The summed E-state index contributed by atoms with van der Waals surface area (Å²) in [7, 11) is 2.14. The van der Waals surface area contributed by atoms with Gasteiger partial charge in [0.2, 0.25) is 0 Å². The highest BCUT2D eigenvalue weighted by Gasteiger charge is 2.51. The van der Waals surface area contributed by atoms with Crippen molar-refractivity contribution in [2.75, 3.05) is 38.2 Å². The largest absolute Gasteiger partial charge is 0.508 e. The maximum Gasteiger partial charge on any atom is 0.319 e. The summed E-state index contributed by atoms with van der Waals surface area (Å²) in [6, 6.07) is 13.9. The third kappa shape index (κ3) is 3.99. The molecule has 0 spiro atoms. The van der Waals surface area contributed by atoms with Gasteiger partial charge in [-0.15, -0.1) is 0 Å². The smallest absolute Gasteiger partial charge is 0.319 e. The Morgan fingerprint density at radius 1 is 1.07 bits per heavy atom. The summed E-state index contributed by atoms with van der Waals surface area (Å²) in [4.78, 5) is 14.1. The maximum absolute atomic E-state index is 16.7. The second kappa shape index (κ2) is 9.16. The number of rotatable bonds is 5. The molecule has 40 heavy (non-hydrogen) atoms. The molecule has 2 N–H and O–H groups in total. The highest BCUT2D eigenvalue weighted by atomic mass is 35.5. The summed E-state index contributed by atoms with van der Waals surface area (Å²) in [5.74, 6) is 1.60. The molecule has 9 heteroatoms. The molecule has 4 heterocycles. The molecule has 4 aromatic rings. The number of aromatic nitrogens is 2. The van der Waals surface area contributed by atoms with Crippen LogP contribution in [0.5, 0.6) is 11.8 Å². The lowest BCUT2D eigenvalue weighted by Crippen LogP contribution is -2.51. The van der Waals surface area contributed by atoms with Gasteiger partial charge in [-0.25, -0.2) is 4.39 Å². The van der Waals surface area contributed by atoms with E-state index in [0.29, 0.717) is 47.4 Å². The van der Waals surface area contributed by atoms with Crippen molar-refractivity contribution in [1.82, 2.24) is 20.2 Å². The monoisotopic (exact) mass is 559 g/mol. The maximum atomic E-state index is 16.7. The first-order chi connectivity index (χ1) is 19.4. The second-order valence-corrected chi connectivity index (χ2v) is 12.4. The minimum Gasteiger partial charge on any atom is -0.508 e. The van der Waals surface area contributed by atoms with Crippen LogP contribution in [0.15, 0.2) is 42.5 Å². The van der Waals surface area contributed by atoms with Crippen molar-refractivity contribution >= 4 is 39.1 Å². The molecule has 8 rings (SSSR count). The first-order valence-electron chi connectivity index (χ1n) is 14.2. The summed E-state index contributed by atoms with van der Waals surface area (Å²) in [6.07, 6.45) is 3.49. The predicted octanol–water partition coefficient (Wildman–Crippen LogP) is 5.22. The molecular formula is C31H31ClFN5O2. The van der Waals surface area contributed by atoms with Crippen molar-refractivity contribution in [3.63, 3.8) is 0 Å². The molecule has 206 valence electrons. The number of fused-ring (bicyclic) bond motifs is 5. The molecule has 4 unspecified atom stereocenters. The number of likely N-dealkylation sites (N-methyl/N-ethyl adjacent to an activating group) is 1. The number of nitrogens with one attached hydrogen (secondary N) is 1. The number of ether oxygens (including phenoxy) is 1. The number of phenols is 1. The Kier molecular flexibility index (Phi) is 5.63. The zero-order chi connectivity index (χ0) is 27.1. The van der Waals surface area contributed by atoms with Gasteiger partial charge in [0.25, 0.3) is 0 Å². The van der Waals surface area contributed by atoms with Crippen molar-refractivity contribution in [3.8, 4) is 22.9 Å². The van der Waals surface area contributed by atoms with E-state index in [4.69, 9.17) is 21.3 Å². The van der Waals surface area contributed by atoms with Crippen LogP contribution in [0, 0.1) is 17.7 Å². The van der Waals surface area contributed by atoms with Crippen LogP contribution in [0.2, 0.25) is 5.02 Å². The highest BCUT2D eigenvalue weighted by molar-refractivity contribution is 6.35. The van der Waals surface area contributed by atoms with Crippen molar-refractivity contribution in [2.45, 2.75) is 37.4 Å². The Hall–Kier alpha value is -3.20. The van der Waals surface area contributed by atoms with Gasteiger partial charge in [-0.3, -0.25) is 4.90 Å². The molecule has 5 atom stereocenters. The van der Waals surface area contributed by atoms with Crippen molar-refractivity contribution in [3.05, 3.63) is 53.3 Å². The molecule has 3 saturated heterocycles. The van der Waals surface area contributed by atoms with E-state index < -0.39 is 5.82 Å². The van der Waals surface area contributed by atoms with Crippen LogP contribution in [0.3, 0.4) is 0 Å². The second-order valence-electron chi connectivity index (χ2n) is 12.0. The van der Waals surface area contributed by atoms with Gasteiger partial charge < -0.3 is 20.1 Å². The molecule has 1 aliphatic carbocycles. The fraction of sp³-hybridized carbons (Fsp3) is 0.419. The fourth-order valence-electron chi connectivity index (χ4n) is 7.38. The first kappa shape index (κ1) is 24.6. The van der Waals surface area contributed by atoms with E-state index in [1.807, 2.05) is 24.3 Å². The third-order valence-corrected chi connectivity index (χ3v) is 9.72. The zero-order valence-corrected chi connectivity index (χ0v) is 23.0. The van der Waals surface area contributed by atoms with Gasteiger partial charge in [0.1, 0.15) is 23.7 Å². The molecule has 3 aromatic carbocycles. The van der Waals surface area contributed by atoms with E-state index in [1.165, 1.54) is 6.42 Å². The van der Waals surface area contributed by atoms with Crippen LogP contribution in [0.4, 0.5) is 10.2 Å². The van der Waals surface area contributed by atoms with Gasteiger partial charge in [0.05, 0.1) is 5.02 Å². The van der Waals surface area contributed by atoms with Crippen LogP contribution < -0.4 is 15.0 Å². The summed E-state index contributed by atoms with van der Waals surface area (Å²) in [5.41, 5.74) is 0.922. The van der Waals surface area contributed by atoms with E-state index in [0.717, 1.165) is 49.2 Å². The summed E-state index contributed by atoms with van der Waals surface area (Å²) in [5, 5.41) is 16.6. The van der Waals surface area contributed by atoms with Crippen LogP contribution in [0.25, 0.3) is 32.8 Å². The Bertz CT molecular complexity index is 1650. The fourth-order valence-corrected chi connectivity index (χ4v) is 7.67. The van der Waals surface area contributed by atoms with Gasteiger partial charge in [-0.05, 0) is 72.7 Å². The molecule has 2 bridgehead atoms. The molecule has 1 aromatic heterocycles. The number of hydrogen-bond donors (Lipinski definition) is 2. The number of piperidine rings is 1. The molecular weight excluding hydrogens is 529 g/mol. The lowest BCUT2D eigenvalue weighted by Gasteiger charge is -2.34. The van der Waals surface area contributed by atoms with E-state index in [2.05, 4.69) is 27.1 Å². The number of halogens is 2. The number of piperazine rings is 1. The lowest BCUT2D eigenvalue weighted by atomic mass is 9.96. The standard InChI is InChI=1S/C31H31ClFN5O2/c1-37-12-17-9-22(17)26(37)15-40-31-35-29-24(30(36-31)38-13-18-6-7-19(14-38)34-18)11-25(32)27(28(29)33)23-10-20(39)8-16-4-2-3-5-21(16)23/h2-5,8,10-11,17-19,22,26,34,39H,6-7,9,12-15H2,1H3/t17?,18?,19?,22?,26-/m1/s1. The number of benzene rings is 3. The van der Waals surface area contributed by atoms with Crippen molar-refractivity contribution in [2.24, 2.45) is 11.8 Å². The quantitative estimate of drug-likeness (QED) is 0.347. The van der Waals surface area contributed by atoms with Crippen LogP contribution in [-0.4, -0.2) is 71.4 Å². The number of hydrogen-bond acceptors (Lipinski definition) is 7. The number of aromatic hydroxyl groups is 1. The van der Waals surface area contributed by atoms with E-state index in [1.54, 1.807) is 18.2 Å². The van der Waals surface area contributed by atoms with Crippen LogP contribution >= 0.6 is 11.6 Å². The van der Waals surface area contributed by atoms with Gasteiger partial charge in [-0.1, -0.05) is 35.9 Å². The zero-order valence-electron chi connectivity index (χ0n) is 22.3. The Morgan fingerprint density at radius 3 is 2.65 bits per heavy atom. The molecule has 4 fully saturated rings. The topological polar surface area (TPSA) is 73.8 Å². The number of likely N-dealkylation sites (tertiary alicyclic amines) is 1. The van der Waals surface area contributed by atoms with Gasteiger partial charge in [0, 0.05) is 48.7 Å². The Balaban J connectivity index is 1.27. The molecule has 4 aliphatic rings. The van der Waals surface area contributed by atoms with Gasteiger partial charge in [-0.2, -0.15) is 9.97 Å². The van der Waals surface area contributed by atoms with Gasteiger partial charge in [0.15, 0.2) is 5.82 Å². The summed E-state index contributed by atoms with van der Waals surface area (Å²) in [6.45, 7) is 3.15. The molecule has 3 aliphatic heterocycles. The normalized spacial score (nSPS) is 27.5. The molecule has 1 saturated carbocycles. The number of nitrogens with zero attached hydrogens (tertiary/aromatic N) is 4. The number of phenolic OH excluding ortho intramolecular Hbond substituents is 1. The Morgan fingerprint density at radius 2 is 1.88 bits per heavy atom. The van der Waals surface area contributed by atoms with E-state index in [9.17, 15) is 5.11 Å². The average molecular weight is 560 g/mol. The molecule has 7 nitrogen and oxygen atoms in total. The number of anilines is 1. The highest BCUT2D eigenvalue weighted by Crippen LogP contribution is 2.49. The Labute approximate surface area is 236 Å². The minimum atomic E-state index is -0.537. The molecule has 0 amide bonds. The van der Waals surface area contributed by atoms with Gasteiger partial charge >= 0.3 is 6.01 Å². The van der Waals surface area contributed by atoms with Crippen LogP contribution in [-0.2, 0) is 0 Å². The van der Waals surface area contributed by atoms with Crippen molar-refractivity contribution < 1.29 is 14.2 Å². The average Bonchev–Trinajstić information content (AvgIpc) is 3.50. The van der Waals surface area contributed by atoms with Crippen molar-refractivity contribution in [1.29, 1.82) is 0 Å². The summed E-state index contributed by atoms with van der Waals surface area (Å²) < 4.78 is 22.9. The predicted molar refractivity (Wildman–Crippen MR) is 155 cm³/mol. The van der Waals surface area contributed by atoms with E-state index in [-0.39, 0.29) is 27.9 Å². The third-order valence-electron chi connectivity index (χ3n) is 9.42. The first-order valence-corrected chi connectivity index (χ1v) is 14.6.